The zero-order valence-corrected chi connectivity index (χ0v) is 10.2. The van der Waals surface area contributed by atoms with Crippen molar-refractivity contribution in [2.45, 2.75) is 0 Å². The second kappa shape index (κ2) is 4.88. The molecule has 0 aliphatic carbocycles. The highest BCUT2D eigenvalue weighted by Gasteiger charge is 2.21. The summed E-state index contributed by atoms with van der Waals surface area (Å²) in [7, 11) is 0. The molecule has 76 valence electrons. The molecular formula is C10H7NOS3. The SMILES string of the molecule is N#CC(C(=O)c1cccs1)=C1SCCS1. The lowest BCUT2D eigenvalue weighted by Gasteiger charge is -1.98. The van der Waals surface area contributed by atoms with E-state index < -0.39 is 0 Å². The average molecular weight is 253 g/mol. The van der Waals surface area contributed by atoms with Gasteiger partial charge in [0.25, 0.3) is 0 Å². The van der Waals surface area contributed by atoms with E-state index in [1.165, 1.54) is 11.3 Å². The van der Waals surface area contributed by atoms with Gasteiger partial charge < -0.3 is 0 Å². The molecule has 0 amide bonds. The third-order valence-corrected chi connectivity index (χ3v) is 5.42. The molecule has 0 bridgehead atoms. The standard InChI is InChI=1S/C10H7NOS3/c11-6-7(10-14-4-5-15-10)9(12)8-2-1-3-13-8/h1-3H,4-5H2. The maximum Gasteiger partial charge on any atom is 0.215 e. The summed E-state index contributed by atoms with van der Waals surface area (Å²) in [6.45, 7) is 0. The highest BCUT2D eigenvalue weighted by Crippen LogP contribution is 2.39. The van der Waals surface area contributed by atoms with Gasteiger partial charge in [-0.05, 0) is 11.4 Å². The van der Waals surface area contributed by atoms with E-state index in [0.29, 0.717) is 10.5 Å². The molecule has 0 unspecified atom stereocenters. The van der Waals surface area contributed by atoms with Crippen molar-refractivity contribution in [2.75, 3.05) is 11.5 Å². The van der Waals surface area contributed by atoms with Gasteiger partial charge in [0.05, 0.1) is 9.11 Å². The summed E-state index contributed by atoms with van der Waals surface area (Å²) in [5.74, 6) is 1.84. The molecule has 1 fully saturated rings. The van der Waals surface area contributed by atoms with Gasteiger partial charge in [-0.1, -0.05) is 6.07 Å². The van der Waals surface area contributed by atoms with Crippen LogP contribution >= 0.6 is 34.9 Å². The van der Waals surface area contributed by atoms with Gasteiger partial charge in [0.1, 0.15) is 11.6 Å². The number of ketones is 1. The van der Waals surface area contributed by atoms with Crippen LogP contribution in [0, 0.1) is 11.3 Å². The number of thioether (sulfide) groups is 2. The second-order valence-electron chi connectivity index (χ2n) is 2.78. The molecule has 0 radical (unpaired) electrons. The Hall–Kier alpha value is -0.700. The first kappa shape index (κ1) is 10.8. The summed E-state index contributed by atoms with van der Waals surface area (Å²) in [6.07, 6.45) is 0. The van der Waals surface area contributed by atoms with E-state index in [2.05, 4.69) is 0 Å². The van der Waals surface area contributed by atoms with Crippen molar-refractivity contribution in [1.82, 2.24) is 0 Å². The van der Waals surface area contributed by atoms with Crippen LogP contribution < -0.4 is 0 Å². The van der Waals surface area contributed by atoms with Crippen LogP contribution in [0.3, 0.4) is 0 Å². The largest absolute Gasteiger partial charge is 0.287 e. The molecular weight excluding hydrogens is 246 g/mol. The van der Waals surface area contributed by atoms with Gasteiger partial charge >= 0.3 is 0 Å². The fourth-order valence-corrected chi connectivity index (χ4v) is 4.28. The smallest absolute Gasteiger partial charge is 0.215 e. The summed E-state index contributed by atoms with van der Waals surface area (Å²) in [5, 5.41) is 10.9. The number of hydrogen-bond acceptors (Lipinski definition) is 5. The molecule has 0 saturated carbocycles. The van der Waals surface area contributed by atoms with Crippen LogP contribution in [0.25, 0.3) is 0 Å². The highest BCUT2D eigenvalue weighted by atomic mass is 32.2. The highest BCUT2D eigenvalue weighted by molar-refractivity contribution is 8.25. The van der Waals surface area contributed by atoms with Crippen LogP contribution in [0.5, 0.6) is 0 Å². The van der Waals surface area contributed by atoms with E-state index in [9.17, 15) is 4.79 Å². The fraction of sp³-hybridized carbons (Fsp3) is 0.200. The zero-order valence-electron chi connectivity index (χ0n) is 7.73. The normalized spacial score (nSPS) is 15.0. The zero-order chi connectivity index (χ0) is 10.7. The Morgan fingerprint density at radius 3 is 2.67 bits per heavy atom. The Morgan fingerprint density at radius 1 is 1.40 bits per heavy atom. The minimum atomic E-state index is -0.135. The molecule has 0 N–H and O–H groups in total. The number of nitriles is 1. The summed E-state index contributed by atoms with van der Waals surface area (Å²) in [4.78, 5) is 12.6. The average Bonchev–Trinajstić information content (AvgIpc) is 2.91. The molecule has 2 heterocycles. The van der Waals surface area contributed by atoms with Crippen molar-refractivity contribution >= 4 is 40.6 Å². The molecule has 0 aromatic carbocycles. The Bertz CT molecular complexity index is 434. The predicted octanol–water partition coefficient (Wildman–Crippen LogP) is 3.15. The molecule has 1 aliphatic heterocycles. The van der Waals surface area contributed by atoms with E-state index in [1.54, 1.807) is 29.6 Å². The Balaban J connectivity index is 2.33. The first-order valence-electron chi connectivity index (χ1n) is 4.31. The molecule has 1 aromatic rings. The van der Waals surface area contributed by atoms with Gasteiger partial charge in [0, 0.05) is 11.5 Å². The lowest BCUT2D eigenvalue weighted by Crippen LogP contribution is -2.00. The van der Waals surface area contributed by atoms with Crippen LogP contribution in [-0.4, -0.2) is 17.3 Å². The maximum atomic E-state index is 11.9. The molecule has 0 spiro atoms. The van der Waals surface area contributed by atoms with E-state index >= 15 is 0 Å². The van der Waals surface area contributed by atoms with Gasteiger partial charge in [-0.3, -0.25) is 4.79 Å². The summed E-state index contributed by atoms with van der Waals surface area (Å²) < 4.78 is 0.885. The number of thiophene rings is 1. The van der Waals surface area contributed by atoms with Crippen molar-refractivity contribution in [3.8, 4) is 6.07 Å². The van der Waals surface area contributed by atoms with Crippen molar-refractivity contribution in [3.63, 3.8) is 0 Å². The number of nitrogens with zero attached hydrogens (tertiary/aromatic N) is 1. The monoisotopic (exact) mass is 253 g/mol. The molecule has 5 heteroatoms. The Labute approximate surface area is 100 Å². The van der Waals surface area contributed by atoms with E-state index in [4.69, 9.17) is 5.26 Å². The summed E-state index contributed by atoms with van der Waals surface area (Å²) >= 11 is 4.59. The predicted molar refractivity (Wildman–Crippen MR) is 66.2 cm³/mol. The number of hydrogen-bond donors (Lipinski definition) is 0. The van der Waals surface area contributed by atoms with E-state index in [1.807, 2.05) is 17.5 Å². The van der Waals surface area contributed by atoms with Crippen molar-refractivity contribution in [1.29, 1.82) is 5.26 Å². The number of carbonyl (C=O) groups excluding carboxylic acids is 1. The maximum absolute atomic E-state index is 11.9. The molecule has 1 aliphatic rings. The third-order valence-electron chi connectivity index (χ3n) is 1.84. The Kier molecular flexibility index (Phi) is 3.52. The van der Waals surface area contributed by atoms with Crippen LogP contribution in [-0.2, 0) is 0 Å². The van der Waals surface area contributed by atoms with Gasteiger partial charge in [0.2, 0.25) is 5.78 Å². The van der Waals surface area contributed by atoms with Crippen molar-refractivity contribution < 1.29 is 4.79 Å². The quantitative estimate of drug-likeness (QED) is 0.461. The molecule has 15 heavy (non-hydrogen) atoms. The van der Waals surface area contributed by atoms with Crippen molar-refractivity contribution in [2.24, 2.45) is 0 Å². The number of allylic oxidation sites excluding steroid dienone is 1. The van der Waals surface area contributed by atoms with Crippen LogP contribution in [0.4, 0.5) is 0 Å². The summed E-state index contributed by atoms with van der Waals surface area (Å²) in [5.41, 5.74) is 0.310. The number of Topliss-reactive ketones (excluding diaryl/α,β-unsaturated/α-hetero) is 1. The fourth-order valence-electron chi connectivity index (χ4n) is 1.17. The van der Waals surface area contributed by atoms with E-state index in [0.717, 1.165) is 15.7 Å². The van der Waals surface area contributed by atoms with Gasteiger partial charge in [-0.15, -0.1) is 34.9 Å². The van der Waals surface area contributed by atoms with Gasteiger partial charge in [-0.2, -0.15) is 5.26 Å². The van der Waals surface area contributed by atoms with Crippen molar-refractivity contribution in [3.05, 3.63) is 32.2 Å². The minimum Gasteiger partial charge on any atom is -0.287 e. The second-order valence-corrected chi connectivity index (χ2v) is 6.19. The topological polar surface area (TPSA) is 40.9 Å². The molecule has 2 nitrogen and oxygen atoms in total. The first-order valence-corrected chi connectivity index (χ1v) is 7.16. The lowest BCUT2D eigenvalue weighted by atomic mass is 10.2. The lowest BCUT2D eigenvalue weighted by molar-refractivity contribution is 0.104. The number of carbonyl (C=O) groups is 1. The van der Waals surface area contributed by atoms with Crippen LogP contribution in [0.15, 0.2) is 27.3 Å². The van der Waals surface area contributed by atoms with Crippen LogP contribution in [0.1, 0.15) is 9.67 Å². The Morgan fingerprint density at radius 2 is 2.13 bits per heavy atom. The minimum absolute atomic E-state index is 0.135. The summed E-state index contributed by atoms with van der Waals surface area (Å²) in [6, 6.07) is 5.61. The molecule has 0 atom stereocenters. The van der Waals surface area contributed by atoms with Gasteiger partial charge in [-0.25, -0.2) is 0 Å². The molecule has 1 saturated heterocycles. The van der Waals surface area contributed by atoms with Crippen LogP contribution in [0.2, 0.25) is 0 Å². The van der Waals surface area contributed by atoms with E-state index in [-0.39, 0.29) is 5.78 Å². The third kappa shape index (κ3) is 2.28. The first-order chi connectivity index (χ1) is 7.33. The van der Waals surface area contributed by atoms with Gasteiger partial charge in [0.15, 0.2) is 0 Å². The molecule has 1 aromatic heterocycles. The molecule has 2 rings (SSSR count). The number of rotatable bonds is 2.